The normalized spacial score (nSPS) is 16.2. The molecular formula is C24H22N2O4S. The van der Waals surface area contributed by atoms with Crippen LogP contribution in [0.25, 0.3) is 0 Å². The first-order chi connectivity index (χ1) is 14.8. The number of hydrogen-bond acceptors (Lipinski definition) is 6. The minimum absolute atomic E-state index is 0.0579. The van der Waals surface area contributed by atoms with Gasteiger partial charge in [0.15, 0.2) is 5.76 Å². The van der Waals surface area contributed by atoms with E-state index in [2.05, 4.69) is 4.98 Å². The van der Waals surface area contributed by atoms with Gasteiger partial charge >= 0.3 is 0 Å². The van der Waals surface area contributed by atoms with Crippen LogP contribution >= 0.6 is 11.3 Å². The number of carbonyl (C=O) groups is 2. The van der Waals surface area contributed by atoms with Crippen molar-refractivity contribution in [1.82, 2.24) is 4.98 Å². The molecule has 7 heteroatoms. The summed E-state index contributed by atoms with van der Waals surface area (Å²) in [5, 5.41) is 11.6. The Bertz CT molecular complexity index is 1190. The molecule has 1 unspecified atom stereocenters. The predicted molar refractivity (Wildman–Crippen MR) is 120 cm³/mol. The summed E-state index contributed by atoms with van der Waals surface area (Å²) in [5.74, 6) is -0.863. The molecule has 1 amide bonds. The van der Waals surface area contributed by atoms with Crippen LogP contribution in [0.3, 0.4) is 0 Å². The second kappa shape index (κ2) is 8.00. The molecule has 158 valence electrons. The lowest BCUT2D eigenvalue weighted by Crippen LogP contribution is -2.31. The maximum absolute atomic E-state index is 13.5. The number of aliphatic hydroxyl groups is 1. The summed E-state index contributed by atoms with van der Waals surface area (Å²) >= 11 is 1.26. The molecule has 0 radical (unpaired) electrons. The highest BCUT2D eigenvalue weighted by Crippen LogP contribution is 2.43. The van der Waals surface area contributed by atoms with Crippen molar-refractivity contribution in [3.63, 3.8) is 0 Å². The standard InChI is InChI=1S/C24H22N2O4S/c1-13-5-9-17(10-6-13)26-20(16-7-11-18(30-4)12-8-16)19(22(28)24(26)29)21(27)23-14(2)25-15(3)31-23/h5-12,20,28H,1-4H3. The predicted octanol–water partition coefficient (Wildman–Crippen LogP) is 4.86. The molecule has 6 nitrogen and oxygen atoms in total. The number of aromatic nitrogens is 1. The second-order valence-corrected chi connectivity index (χ2v) is 8.63. The lowest BCUT2D eigenvalue weighted by Gasteiger charge is -2.27. The monoisotopic (exact) mass is 434 g/mol. The third kappa shape index (κ3) is 3.61. The summed E-state index contributed by atoms with van der Waals surface area (Å²) < 4.78 is 5.25. The van der Waals surface area contributed by atoms with Gasteiger partial charge in [0.05, 0.1) is 34.3 Å². The Morgan fingerprint density at radius 1 is 1.06 bits per heavy atom. The number of rotatable bonds is 5. The van der Waals surface area contributed by atoms with Gasteiger partial charge in [0.25, 0.3) is 5.91 Å². The van der Waals surface area contributed by atoms with Crippen molar-refractivity contribution < 1.29 is 19.4 Å². The average Bonchev–Trinajstić information content (AvgIpc) is 3.24. The van der Waals surface area contributed by atoms with E-state index in [1.165, 1.54) is 16.2 Å². The zero-order valence-electron chi connectivity index (χ0n) is 17.7. The van der Waals surface area contributed by atoms with Crippen LogP contribution in [0.1, 0.15) is 37.5 Å². The van der Waals surface area contributed by atoms with E-state index in [4.69, 9.17) is 4.74 Å². The van der Waals surface area contributed by atoms with Crippen molar-refractivity contribution in [3.8, 4) is 5.75 Å². The second-order valence-electron chi connectivity index (χ2n) is 7.43. The molecule has 1 N–H and O–H groups in total. The van der Waals surface area contributed by atoms with Crippen molar-refractivity contribution >= 4 is 28.7 Å². The van der Waals surface area contributed by atoms with Gasteiger partial charge in [-0.25, -0.2) is 4.98 Å². The van der Waals surface area contributed by atoms with E-state index in [-0.39, 0.29) is 11.4 Å². The Morgan fingerprint density at radius 2 is 1.71 bits per heavy atom. The van der Waals surface area contributed by atoms with E-state index in [9.17, 15) is 14.7 Å². The van der Waals surface area contributed by atoms with Crippen LogP contribution in [0.2, 0.25) is 0 Å². The molecule has 1 aliphatic rings. The van der Waals surface area contributed by atoms with E-state index in [0.717, 1.165) is 10.6 Å². The van der Waals surface area contributed by atoms with Crippen LogP contribution in [0, 0.1) is 20.8 Å². The lowest BCUT2D eigenvalue weighted by molar-refractivity contribution is -0.117. The van der Waals surface area contributed by atoms with Crippen LogP contribution in [-0.2, 0) is 4.79 Å². The Morgan fingerprint density at radius 3 is 2.26 bits per heavy atom. The lowest BCUT2D eigenvalue weighted by atomic mass is 9.94. The molecule has 1 atom stereocenters. The maximum Gasteiger partial charge on any atom is 0.294 e. The number of nitrogens with zero attached hydrogens (tertiary/aromatic N) is 2. The van der Waals surface area contributed by atoms with Gasteiger partial charge in [-0.1, -0.05) is 29.8 Å². The highest BCUT2D eigenvalue weighted by atomic mass is 32.1. The summed E-state index contributed by atoms with van der Waals surface area (Å²) in [7, 11) is 1.57. The first kappa shape index (κ1) is 20.8. The maximum atomic E-state index is 13.5. The topological polar surface area (TPSA) is 79.7 Å². The number of ether oxygens (including phenoxy) is 1. The van der Waals surface area contributed by atoms with Gasteiger partial charge in [-0.15, -0.1) is 11.3 Å². The minimum atomic E-state index is -0.768. The minimum Gasteiger partial charge on any atom is -0.503 e. The van der Waals surface area contributed by atoms with Crippen LogP contribution in [0.4, 0.5) is 5.69 Å². The largest absolute Gasteiger partial charge is 0.503 e. The van der Waals surface area contributed by atoms with Gasteiger partial charge in [0, 0.05) is 5.69 Å². The highest BCUT2D eigenvalue weighted by Gasteiger charge is 2.45. The fourth-order valence-electron chi connectivity index (χ4n) is 3.77. The number of ketones is 1. The Balaban J connectivity index is 1.88. The van der Waals surface area contributed by atoms with Gasteiger partial charge in [0.2, 0.25) is 5.78 Å². The molecule has 0 bridgehead atoms. The van der Waals surface area contributed by atoms with E-state index < -0.39 is 17.7 Å². The van der Waals surface area contributed by atoms with Crippen molar-refractivity contribution in [3.05, 3.63) is 86.6 Å². The third-order valence-corrected chi connectivity index (χ3v) is 6.38. The van der Waals surface area contributed by atoms with Gasteiger partial charge in [-0.2, -0.15) is 0 Å². The van der Waals surface area contributed by atoms with Crippen molar-refractivity contribution in [2.75, 3.05) is 12.0 Å². The van der Waals surface area contributed by atoms with E-state index >= 15 is 0 Å². The van der Waals surface area contributed by atoms with Crippen molar-refractivity contribution in [2.45, 2.75) is 26.8 Å². The van der Waals surface area contributed by atoms with Crippen LogP contribution < -0.4 is 9.64 Å². The number of methoxy groups -OCH3 is 1. The molecule has 2 heterocycles. The van der Waals surface area contributed by atoms with Crippen LogP contribution in [0.15, 0.2) is 59.9 Å². The van der Waals surface area contributed by atoms with E-state index in [1.54, 1.807) is 38.3 Å². The molecule has 1 aromatic heterocycles. The van der Waals surface area contributed by atoms with Gasteiger partial charge in [-0.05, 0) is 50.6 Å². The number of hydrogen-bond donors (Lipinski definition) is 1. The first-order valence-corrected chi connectivity index (χ1v) is 10.6. The van der Waals surface area contributed by atoms with Gasteiger partial charge in [0.1, 0.15) is 5.75 Å². The number of aryl methyl sites for hydroxylation is 3. The molecule has 0 saturated heterocycles. The van der Waals surface area contributed by atoms with Crippen LogP contribution in [-0.4, -0.2) is 28.9 Å². The smallest absolute Gasteiger partial charge is 0.294 e. The zero-order chi connectivity index (χ0) is 22.3. The summed E-state index contributed by atoms with van der Waals surface area (Å²) in [6, 6.07) is 13.8. The molecule has 0 saturated carbocycles. The fraction of sp³-hybridized carbons (Fsp3) is 0.208. The number of amides is 1. The highest BCUT2D eigenvalue weighted by molar-refractivity contribution is 7.14. The van der Waals surface area contributed by atoms with E-state index in [0.29, 0.717) is 27.6 Å². The quantitative estimate of drug-likeness (QED) is 0.580. The molecule has 0 spiro atoms. The summed E-state index contributed by atoms with van der Waals surface area (Å²) in [6.07, 6.45) is 0. The molecule has 1 aliphatic heterocycles. The van der Waals surface area contributed by atoms with Crippen molar-refractivity contribution in [1.29, 1.82) is 0 Å². The Kier molecular flexibility index (Phi) is 5.37. The summed E-state index contributed by atoms with van der Waals surface area (Å²) in [6.45, 7) is 5.53. The van der Waals surface area contributed by atoms with E-state index in [1.807, 2.05) is 38.1 Å². The van der Waals surface area contributed by atoms with Gasteiger partial charge < -0.3 is 9.84 Å². The number of anilines is 1. The molecular weight excluding hydrogens is 412 g/mol. The number of benzene rings is 2. The Labute approximate surface area is 184 Å². The van der Waals surface area contributed by atoms with Gasteiger partial charge in [-0.3, -0.25) is 14.5 Å². The molecule has 2 aromatic carbocycles. The average molecular weight is 435 g/mol. The van der Waals surface area contributed by atoms with Crippen LogP contribution in [0.5, 0.6) is 5.75 Å². The van der Waals surface area contributed by atoms with Crippen molar-refractivity contribution in [2.24, 2.45) is 0 Å². The zero-order valence-corrected chi connectivity index (χ0v) is 18.5. The summed E-state index contributed by atoms with van der Waals surface area (Å²) in [5.41, 5.74) is 2.98. The number of carbonyl (C=O) groups excluding carboxylic acids is 2. The fourth-order valence-corrected chi connectivity index (χ4v) is 4.65. The third-order valence-electron chi connectivity index (χ3n) is 5.31. The molecule has 3 aromatic rings. The molecule has 0 aliphatic carbocycles. The number of thiazole rings is 1. The molecule has 31 heavy (non-hydrogen) atoms. The number of Topliss-reactive ketones (excluding diaryl/α,β-unsaturated/α-hetero) is 1. The molecule has 0 fully saturated rings. The summed E-state index contributed by atoms with van der Waals surface area (Å²) in [4.78, 5) is 32.9. The SMILES string of the molecule is COc1ccc(C2C(C(=O)c3sc(C)nc3C)=C(O)C(=O)N2c2ccc(C)cc2)cc1. The first-order valence-electron chi connectivity index (χ1n) is 9.78. The molecule has 4 rings (SSSR count). The Hall–Kier alpha value is -3.45. The number of aliphatic hydroxyl groups excluding tert-OH is 1.